The second-order valence-corrected chi connectivity index (χ2v) is 4.70. The fourth-order valence-electron chi connectivity index (χ4n) is 0.948. The minimum Gasteiger partial charge on any atom is -0.374 e. The molecule has 0 fully saturated rings. The van der Waals surface area contributed by atoms with Crippen LogP contribution in [0.25, 0.3) is 0 Å². The van der Waals surface area contributed by atoms with Gasteiger partial charge >= 0.3 is 0 Å². The summed E-state index contributed by atoms with van der Waals surface area (Å²) in [5, 5.41) is 3.05. The first-order valence-corrected chi connectivity index (χ1v) is 4.91. The first kappa shape index (κ1) is 13.4. The Morgan fingerprint density at radius 3 is 2.21 bits per heavy atom. The average molecular weight is 202 g/mol. The number of hydrogen-bond acceptors (Lipinski definition) is 3. The molecule has 0 rings (SSSR count). The summed E-state index contributed by atoms with van der Waals surface area (Å²) < 4.78 is 5.49. The van der Waals surface area contributed by atoms with E-state index in [1.54, 1.807) is 0 Å². The van der Waals surface area contributed by atoms with Gasteiger partial charge in [-0.05, 0) is 20.8 Å². The van der Waals surface area contributed by atoms with Crippen molar-refractivity contribution in [2.45, 2.75) is 52.3 Å². The Labute approximate surface area is 86.2 Å². The van der Waals surface area contributed by atoms with E-state index in [9.17, 15) is 4.79 Å². The number of amides is 1. The van der Waals surface area contributed by atoms with Crippen LogP contribution in [-0.2, 0) is 9.53 Å². The van der Waals surface area contributed by atoms with Crippen LogP contribution in [0.5, 0.6) is 0 Å². The third kappa shape index (κ3) is 6.86. The number of nitrogens with two attached hydrogens (primary N) is 1. The number of primary amides is 1. The molecule has 0 aromatic heterocycles. The lowest BCUT2D eigenvalue weighted by Gasteiger charge is -2.24. The number of nitrogens with one attached hydrogen (secondary N) is 1. The largest absolute Gasteiger partial charge is 0.374 e. The lowest BCUT2D eigenvalue weighted by atomic mass is 10.2. The van der Waals surface area contributed by atoms with E-state index in [1.807, 2.05) is 34.6 Å². The lowest BCUT2D eigenvalue weighted by Crippen LogP contribution is -2.48. The first-order valence-electron chi connectivity index (χ1n) is 4.91. The van der Waals surface area contributed by atoms with Gasteiger partial charge in [-0.2, -0.15) is 0 Å². The quantitative estimate of drug-likeness (QED) is 0.688. The van der Waals surface area contributed by atoms with Gasteiger partial charge < -0.3 is 15.8 Å². The van der Waals surface area contributed by atoms with Crippen molar-refractivity contribution in [2.24, 2.45) is 5.73 Å². The summed E-state index contributed by atoms with van der Waals surface area (Å²) in [4.78, 5) is 11.0. The van der Waals surface area contributed by atoms with Crippen molar-refractivity contribution in [3.63, 3.8) is 0 Å². The van der Waals surface area contributed by atoms with Gasteiger partial charge in [0.1, 0.15) is 6.04 Å². The van der Waals surface area contributed by atoms with Crippen LogP contribution in [0, 0.1) is 0 Å². The summed E-state index contributed by atoms with van der Waals surface area (Å²) >= 11 is 0. The van der Waals surface area contributed by atoms with Crippen LogP contribution in [0.3, 0.4) is 0 Å². The van der Waals surface area contributed by atoms with Crippen LogP contribution in [0.15, 0.2) is 0 Å². The molecule has 84 valence electrons. The van der Waals surface area contributed by atoms with Gasteiger partial charge in [0.15, 0.2) is 0 Å². The van der Waals surface area contributed by atoms with Crippen LogP contribution in [0.2, 0.25) is 0 Å². The topological polar surface area (TPSA) is 64.3 Å². The normalized spacial score (nSPS) is 14.4. The summed E-state index contributed by atoms with van der Waals surface area (Å²) in [6, 6.07) is -0.190. The van der Waals surface area contributed by atoms with Gasteiger partial charge in [-0.15, -0.1) is 0 Å². The standard InChI is InChI=1S/C10H22N2O2/c1-7(2)12-8(9(11)13)6-14-10(3,4)5/h7-8,12H,6H2,1-5H3,(H2,11,13)/t8-/m1/s1. The van der Waals surface area contributed by atoms with E-state index in [-0.39, 0.29) is 17.6 Å². The second-order valence-electron chi connectivity index (χ2n) is 4.70. The van der Waals surface area contributed by atoms with E-state index in [0.717, 1.165) is 0 Å². The Hall–Kier alpha value is -0.610. The van der Waals surface area contributed by atoms with Crippen LogP contribution in [-0.4, -0.2) is 30.2 Å². The summed E-state index contributed by atoms with van der Waals surface area (Å²) in [5.74, 6) is -0.372. The molecule has 0 aliphatic carbocycles. The molecule has 0 aliphatic heterocycles. The summed E-state index contributed by atoms with van der Waals surface area (Å²) in [5.41, 5.74) is 4.99. The predicted octanol–water partition coefficient (Wildman–Crippen LogP) is 0.653. The third-order valence-electron chi connectivity index (χ3n) is 1.56. The van der Waals surface area contributed by atoms with E-state index in [4.69, 9.17) is 10.5 Å². The van der Waals surface area contributed by atoms with Gasteiger partial charge in [-0.25, -0.2) is 0 Å². The van der Waals surface area contributed by atoms with E-state index in [0.29, 0.717) is 6.61 Å². The van der Waals surface area contributed by atoms with Crippen molar-refractivity contribution in [1.82, 2.24) is 5.32 Å². The molecule has 0 heterocycles. The number of carbonyl (C=O) groups excluding carboxylic acids is 1. The molecule has 0 spiro atoms. The molecule has 0 radical (unpaired) electrons. The van der Waals surface area contributed by atoms with Crippen molar-refractivity contribution in [1.29, 1.82) is 0 Å². The molecule has 1 atom stereocenters. The zero-order valence-electron chi connectivity index (χ0n) is 9.76. The van der Waals surface area contributed by atoms with Gasteiger partial charge in [0.25, 0.3) is 0 Å². The predicted molar refractivity (Wildman–Crippen MR) is 57.0 cm³/mol. The molecule has 4 heteroatoms. The van der Waals surface area contributed by atoms with Crippen molar-refractivity contribution < 1.29 is 9.53 Å². The van der Waals surface area contributed by atoms with Gasteiger partial charge in [0.2, 0.25) is 5.91 Å². The molecule has 0 aliphatic rings. The molecule has 1 amide bonds. The third-order valence-corrected chi connectivity index (χ3v) is 1.56. The molecule has 0 bridgehead atoms. The second kappa shape index (κ2) is 5.32. The van der Waals surface area contributed by atoms with E-state index in [2.05, 4.69) is 5.32 Å². The van der Waals surface area contributed by atoms with Gasteiger partial charge in [-0.1, -0.05) is 13.8 Å². The monoisotopic (exact) mass is 202 g/mol. The van der Waals surface area contributed by atoms with Crippen molar-refractivity contribution >= 4 is 5.91 Å². The Morgan fingerprint density at radius 2 is 1.93 bits per heavy atom. The maximum absolute atomic E-state index is 11.0. The Bertz CT molecular complexity index is 185. The molecular formula is C10H22N2O2. The van der Waals surface area contributed by atoms with E-state index >= 15 is 0 Å². The fraction of sp³-hybridized carbons (Fsp3) is 0.900. The molecule has 0 saturated heterocycles. The number of carbonyl (C=O) groups is 1. The molecule has 4 nitrogen and oxygen atoms in total. The van der Waals surface area contributed by atoms with Gasteiger partial charge in [0.05, 0.1) is 12.2 Å². The maximum atomic E-state index is 11.0. The fourth-order valence-corrected chi connectivity index (χ4v) is 0.948. The van der Waals surface area contributed by atoms with Gasteiger partial charge in [0, 0.05) is 6.04 Å². The highest BCUT2D eigenvalue weighted by Crippen LogP contribution is 2.07. The highest BCUT2D eigenvalue weighted by Gasteiger charge is 2.19. The lowest BCUT2D eigenvalue weighted by molar-refractivity contribution is -0.123. The Balaban J connectivity index is 4.05. The van der Waals surface area contributed by atoms with Gasteiger partial charge in [-0.3, -0.25) is 4.79 Å². The Kier molecular flexibility index (Phi) is 5.08. The minimum absolute atomic E-state index is 0.219. The van der Waals surface area contributed by atoms with Crippen LogP contribution in [0.1, 0.15) is 34.6 Å². The number of rotatable bonds is 5. The zero-order valence-corrected chi connectivity index (χ0v) is 9.76. The minimum atomic E-state index is -0.408. The summed E-state index contributed by atoms with van der Waals surface area (Å²) in [7, 11) is 0. The molecule has 0 unspecified atom stereocenters. The smallest absolute Gasteiger partial charge is 0.236 e. The molecule has 0 saturated carbocycles. The van der Waals surface area contributed by atoms with Crippen LogP contribution < -0.4 is 11.1 Å². The van der Waals surface area contributed by atoms with Crippen molar-refractivity contribution in [3.05, 3.63) is 0 Å². The molecule has 14 heavy (non-hydrogen) atoms. The van der Waals surface area contributed by atoms with E-state index < -0.39 is 6.04 Å². The molecule has 0 aromatic rings. The highest BCUT2D eigenvalue weighted by molar-refractivity contribution is 5.80. The highest BCUT2D eigenvalue weighted by atomic mass is 16.5. The number of ether oxygens (including phenoxy) is 1. The summed E-state index contributed by atoms with van der Waals surface area (Å²) in [6.45, 7) is 10.1. The molecule has 3 N–H and O–H groups in total. The number of hydrogen-bond donors (Lipinski definition) is 2. The SMILES string of the molecule is CC(C)N[C@H](COC(C)(C)C)C(N)=O. The van der Waals surface area contributed by atoms with Crippen LogP contribution in [0.4, 0.5) is 0 Å². The molecular weight excluding hydrogens is 180 g/mol. The first-order chi connectivity index (χ1) is 6.22. The summed E-state index contributed by atoms with van der Waals surface area (Å²) in [6.07, 6.45) is 0. The zero-order chi connectivity index (χ0) is 11.4. The molecule has 0 aromatic carbocycles. The maximum Gasteiger partial charge on any atom is 0.236 e. The van der Waals surface area contributed by atoms with Crippen LogP contribution >= 0.6 is 0 Å². The van der Waals surface area contributed by atoms with Crippen molar-refractivity contribution in [2.75, 3.05) is 6.61 Å². The average Bonchev–Trinajstić information content (AvgIpc) is 1.94. The van der Waals surface area contributed by atoms with E-state index in [1.165, 1.54) is 0 Å². The Morgan fingerprint density at radius 1 is 1.43 bits per heavy atom. The van der Waals surface area contributed by atoms with Crippen molar-refractivity contribution in [3.8, 4) is 0 Å².